The molecule has 174 valence electrons. The monoisotopic (exact) mass is 456 g/mol. The molecule has 1 aromatic rings. The Hall–Kier alpha value is -3.62. The third kappa shape index (κ3) is 4.48. The Kier molecular flexibility index (Phi) is 6.90. The molecule has 1 N–H and O–H groups in total. The summed E-state index contributed by atoms with van der Waals surface area (Å²) >= 11 is 0. The van der Waals surface area contributed by atoms with E-state index in [4.69, 9.17) is 10.00 Å². The molecule has 0 unspecified atom stereocenters. The Morgan fingerprint density at radius 1 is 1.33 bits per heavy atom. The number of carbonyl (C=O) groups excluding carboxylic acids is 3. The minimum atomic E-state index is -1.01. The minimum absolute atomic E-state index is 0.0338. The molecule has 4 atom stereocenters. The minimum Gasteiger partial charge on any atom is -0.393 e. The zero-order valence-electron chi connectivity index (χ0n) is 18.4. The molecule has 0 spiro atoms. The van der Waals surface area contributed by atoms with E-state index >= 15 is 0 Å². The molecule has 0 aromatic heterocycles. The highest BCUT2D eigenvalue weighted by Crippen LogP contribution is 2.47. The molecular weight excluding hydrogens is 432 g/mol. The quantitative estimate of drug-likeness (QED) is 0.200. The van der Waals surface area contributed by atoms with Crippen LogP contribution in [0.1, 0.15) is 30.6 Å². The Labute approximate surface area is 190 Å². The second kappa shape index (κ2) is 9.48. The molecule has 3 rings (SSSR count). The summed E-state index contributed by atoms with van der Waals surface area (Å²) in [6.45, 7) is 4.06. The van der Waals surface area contributed by atoms with Crippen LogP contribution in [0.2, 0.25) is 0 Å². The molecule has 2 aliphatic heterocycles. The lowest BCUT2D eigenvalue weighted by molar-refractivity contribution is -0.384. The van der Waals surface area contributed by atoms with Crippen LogP contribution in [-0.2, 0) is 14.3 Å². The van der Waals surface area contributed by atoms with Crippen LogP contribution in [0, 0.1) is 33.3 Å². The molecule has 1 saturated heterocycles. The van der Waals surface area contributed by atoms with Crippen molar-refractivity contribution in [1.82, 2.24) is 9.80 Å². The number of nitro groups is 1. The van der Waals surface area contributed by atoms with Crippen molar-refractivity contribution in [3.8, 4) is 6.07 Å². The van der Waals surface area contributed by atoms with Crippen LogP contribution in [0.25, 0.3) is 0 Å². The van der Waals surface area contributed by atoms with Gasteiger partial charge in [-0.25, -0.2) is 9.59 Å². The van der Waals surface area contributed by atoms with Gasteiger partial charge in [-0.2, -0.15) is 5.26 Å². The lowest BCUT2D eigenvalue weighted by Gasteiger charge is -2.46. The number of ether oxygens (including phenoxy) is 1. The number of esters is 2. The van der Waals surface area contributed by atoms with Gasteiger partial charge >= 0.3 is 11.9 Å². The number of fused-ring (bicyclic) bond motifs is 1. The number of aliphatic hydroxyl groups excluding tert-OH is 1. The number of benzene rings is 1. The highest BCUT2D eigenvalue weighted by molar-refractivity contribution is 6.06. The molecule has 2 aliphatic rings. The van der Waals surface area contributed by atoms with Crippen LogP contribution in [-0.4, -0.2) is 70.0 Å². The molecule has 1 fully saturated rings. The second-order valence-electron chi connectivity index (χ2n) is 8.25. The van der Waals surface area contributed by atoms with E-state index in [1.165, 1.54) is 24.0 Å². The van der Waals surface area contributed by atoms with Gasteiger partial charge in [0, 0.05) is 37.6 Å². The van der Waals surface area contributed by atoms with Crippen molar-refractivity contribution >= 4 is 23.5 Å². The van der Waals surface area contributed by atoms with Crippen LogP contribution in [0.5, 0.6) is 0 Å². The number of likely N-dealkylation sites (N-methyl/N-ethyl adjacent to an activating group) is 1. The Balaban J connectivity index is 1.87. The predicted octanol–water partition coefficient (Wildman–Crippen LogP) is 1.24. The van der Waals surface area contributed by atoms with Gasteiger partial charge in [0.1, 0.15) is 5.70 Å². The van der Waals surface area contributed by atoms with E-state index in [9.17, 15) is 29.6 Å². The van der Waals surface area contributed by atoms with Gasteiger partial charge in [-0.15, -0.1) is 0 Å². The molecule has 0 radical (unpaired) electrons. The summed E-state index contributed by atoms with van der Waals surface area (Å²) in [6, 6.07) is 6.21. The standard InChI is InChI=1S/C22H24N4O7/c1-12-16(11-24(3)10-4-9-23)19(25-18(12)17(13(2)27)20(25)28)22(30)33-21(29)14-5-7-15(8-6-14)26(31)32/h5-8,12-13,17-18,27H,4,10-11H2,1-3H3/t12-,13+,17+,18+/m0/s1. The average Bonchev–Trinajstić information content (AvgIpc) is 3.00. The van der Waals surface area contributed by atoms with Gasteiger partial charge in [-0.1, -0.05) is 6.92 Å². The zero-order chi connectivity index (χ0) is 24.4. The van der Waals surface area contributed by atoms with Gasteiger partial charge in [0.15, 0.2) is 0 Å². The fraction of sp³-hybridized carbons (Fsp3) is 0.455. The van der Waals surface area contributed by atoms with Gasteiger partial charge in [0.25, 0.3) is 5.69 Å². The van der Waals surface area contributed by atoms with Gasteiger partial charge in [0.2, 0.25) is 5.91 Å². The second-order valence-corrected chi connectivity index (χ2v) is 8.25. The van der Waals surface area contributed by atoms with Crippen molar-refractivity contribution in [2.24, 2.45) is 11.8 Å². The smallest absolute Gasteiger partial charge is 0.362 e. The zero-order valence-corrected chi connectivity index (χ0v) is 18.4. The third-order valence-electron chi connectivity index (χ3n) is 6.05. The first kappa shape index (κ1) is 24.0. The first-order valence-electron chi connectivity index (χ1n) is 10.4. The van der Waals surface area contributed by atoms with Crippen molar-refractivity contribution in [3.05, 3.63) is 51.2 Å². The molecule has 0 aliphatic carbocycles. The lowest BCUT2D eigenvalue weighted by atomic mass is 9.77. The molecule has 0 saturated carbocycles. The molecule has 11 nitrogen and oxygen atoms in total. The van der Waals surface area contributed by atoms with Crippen molar-refractivity contribution in [1.29, 1.82) is 5.26 Å². The number of rotatable bonds is 8. The number of carbonyl (C=O) groups is 3. The Morgan fingerprint density at radius 3 is 2.52 bits per heavy atom. The molecular formula is C22H24N4O7. The van der Waals surface area contributed by atoms with Gasteiger partial charge in [0.05, 0.1) is 34.6 Å². The number of amides is 1. The number of hydrogen-bond acceptors (Lipinski definition) is 9. The molecule has 33 heavy (non-hydrogen) atoms. The highest BCUT2D eigenvalue weighted by atomic mass is 16.6. The van der Waals surface area contributed by atoms with E-state index in [2.05, 4.69) is 0 Å². The summed E-state index contributed by atoms with van der Waals surface area (Å²) in [6.07, 6.45) is -0.630. The first-order chi connectivity index (χ1) is 15.6. The van der Waals surface area contributed by atoms with E-state index in [0.29, 0.717) is 12.1 Å². The molecule has 11 heteroatoms. The molecule has 2 heterocycles. The number of non-ortho nitro benzene ring substituents is 1. The van der Waals surface area contributed by atoms with E-state index < -0.39 is 40.8 Å². The normalized spacial score (nSPS) is 22.5. The molecule has 1 aromatic carbocycles. The number of β-lactam (4-membered cyclic amide) rings is 1. The maximum atomic E-state index is 13.0. The maximum Gasteiger partial charge on any atom is 0.362 e. The van der Waals surface area contributed by atoms with Crippen LogP contribution < -0.4 is 0 Å². The van der Waals surface area contributed by atoms with E-state index in [0.717, 1.165) is 12.1 Å². The van der Waals surface area contributed by atoms with Crippen molar-refractivity contribution in [2.45, 2.75) is 32.4 Å². The number of aliphatic hydroxyl groups is 1. The number of nitrogens with zero attached hydrogens (tertiary/aromatic N) is 4. The van der Waals surface area contributed by atoms with Gasteiger partial charge in [-0.3, -0.25) is 14.9 Å². The number of nitriles is 1. The van der Waals surface area contributed by atoms with Crippen molar-refractivity contribution in [2.75, 3.05) is 20.1 Å². The van der Waals surface area contributed by atoms with Crippen LogP contribution in [0.15, 0.2) is 35.5 Å². The summed E-state index contributed by atoms with van der Waals surface area (Å²) in [5.74, 6) is -3.38. The fourth-order valence-electron chi connectivity index (χ4n) is 4.36. The summed E-state index contributed by atoms with van der Waals surface area (Å²) in [4.78, 5) is 51.5. The largest absolute Gasteiger partial charge is 0.393 e. The number of hydrogen-bond donors (Lipinski definition) is 1. The third-order valence-corrected chi connectivity index (χ3v) is 6.05. The van der Waals surface area contributed by atoms with E-state index in [1.54, 1.807) is 7.05 Å². The summed E-state index contributed by atoms with van der Waals surface area (Å²) in [7, 11) is 1.77. The summed E-state index contributed by atoms with van der Waals surface area (Å²) in [5.41, 5.74) is 0.277. The van der Waals surface area contributed by atoms with Crippen LogP contribution in [0.4, 0.5) is 5.69 Å². The van der Waals surface area contributed by atoms with Gasteiger partial charge in [-0.05, 0) is 31.7 Å². The summed E-state index contributed by atoms with van der Waals surface area (Å²) < 4.78 is 5.03. The topological polar surface area (TPSA) is 154 Å². The fourth-order valence-corrected chi connectivity index (χ4v) is 4.36. The molecule has 1 amide bonds. The highest BCUT2D eigenvalue weighted by Gasteiger charge is 2.60. The maximum absolute atomic E-state index is 13.0. The first-order valence-corrected chi connectivity index (χ1v) is 10.4. The average molecular weight is 456 g/mol. The van der Waals surface area contributed by atoms with Gasteiger partial charge < -0.3 is 19.6 Å². The number of nitro benzene ring substituents is 1. The Morgan fingerprint density at radius 2 is 1.97 bits per heavy atom. The van der Waals surface area contributed by atoms with Crippen molar-refractivity contribution < 1.29 is 29.2 Å². The Bertz CT molecular complexity index is 1060. The molecule has 0 bridgehead atoms. The summed E-state index contributed by atoms with van der Waals surface area (Å²) in [5, 5.41) is 29.7. The van der Waals surface area contributed by atoms with Crippen LogP contribution in [0.3, 0.4) is 0 Å². The SMILES string of the molecule is C[C@@H](O)[C@H]1C(=O)N2C(C(=O)OC(=O)c3ccc([N+](=O)[O-])cc3)=C(CN(C)CCC#N)[C@H](C)[C@H]12. The van der Waals surface area contributed by atoms with Crippen LogP contribution >= 0.6 is 0 Å². The lowest BCUT2D eigenvalue weighted by Crippen LogP contribution is -2.63. The predicted molar refractivity (Wildman–Crippen MR) is 113 cm³/mol. The van der Waals surface area contributed by atoms with E-state index in [1.807, 2.05) is 17.9 Å². The van der Waals surface area contributed by atoms with Crippen molar-refractivity contribution in [3.63, 3.8) is 0 Å². The van der Waals surface area contributed by atoms with E-state index in [-0.39, 0.29) is 35.8 Å².